The Morgan fingerprint density at radius 2 is 2.21 bits per heavy atom. The Bertz CT molecular complexity index is 590. The molecular weight excluding hydrogens is 326 g/mol. The highest BCUT2D eigenvalue weighted by Gasteiger charge is 2.24. The third-order valence-corrected chi connectivity index (χ3v) is 4.65. The summed E-state index contributed by atoms with van der Waals surface area (Å²) in [7, 11) is 0. The van der Waals surface area contributed by atoms with Crippen LogP contribution in [0, 0.1) is 13.8 Å². The molecule has 19 heavy (non-hydrogen) atoms. The number of rotatable bonds is 4. The molecule has 0 saturated carbocycles. The first kappa shape index (κ1) is 14.2. The van der Waals surface area contributed by atoms with Gasteiger partial charge in [0, 0.05) is 9.35 Å². The maximum atomic E-state index is 11.5. The van der Waals surface area contributed by atoms with E-state index in [-0.39, 0.29) is 0 Å². The van der Waals surface area contributed by atoms with E-state index in [1.54, 1.807) is 0 Å². The smallest absolute Gasteiger partial charge is 0.313 e. The third-order valence-electron chi connectivity index (χ3n) is 2.97. The molecule has 0 fully saturated rings. The minimum Gasteiger partial charge on any atom is -0.481 e. The highest BCUT2D eigenvalue weighted by Crippen LogP contribution is 2.28. The summed E-state index contributed by atoms with van der Waals surface area (Å²) in [6.07, 6.45) is 0.459. The van der Waals surface area contributed by atoms with Crippen molar-refractivity contribution in [1.29, 1.82) is 0 Å². The first-order valence-electron chi connectivity index (χ1n) is 5.88. The first-order valence-corrected chi connectivity index (χ1v) is 7.49. The lowest BCUT2D eigenvalue weighted by Gasteiger charge is -2.09. The summed E-state index contributed by atoms with van der Waals surface area (Å²) < 4.78 is 0.959. The molecule has 2 rings (SSSR count). The Balaban J connectivity index is 2.29. The number of thiazole rings is 1. The number of aromatic nitrogens is 1. The van der Waals surface area contributed by atoms with Crippen molar-refractivity contribution in [2.24, 2.45) is 0 Å². The van der Waals surface area contributed by atoms with E-state index in [0.717, 1.165) is 20.6 Å². The molecule has 1 atom stereocenters. The van der Waals surface area contributed by atoms with Crippen molar-refractivity contribution in [2.45, 2.75) is 26.2 Å². The largest absolute Gasteiger partial charge is 0.481 e. The average molecular weight is 340 g/mol. The molecule has 1 heterocycles. The Kier molecular flexibility index (Phi) is 4.37. The fourth-order valence-electron chi connectivity index (χ4n) is 1.83. The SMILES string of the molecule is Cc1nc(C(Cc2cccc(Br)c2)C(=O)O)sc1C. The van der Waals surface area contributed by atoms with Gasteiger partial charge < -0.3 is 5.11 Å². The maximum Gasteiger partial charge on any atom is 0.313 e. The van der Waals surface area contributed by atoms with Crippen molar-refractivity contribution in [2.75, 3.05) is 0 Å². The van der Waals surface area contributed by atoms with Gasteiger partial charge in [0.05, 0.1) is 5.69 Å². The molecule has 0 spiro atoms. The Morgan fingerprint density at radius 1 is 1.47 bits per heavy atom. The fourth-order valence-corrected chi connectivity index (χ4v) is 3.29. The molecule has 2 aromatic rings. The molecule has 0 radical (unpaired) electrons. The monoisotopic (exact) mass is 339 g/mol. The number of carbonyl (C=O) groups is 1. The number of aryl methyl sites for hydroxylation is 2. The topological polar surface area (TPSA) is 50.2 Å². The van der Waals surface area contributed by atoms with Gasteiger partial charge in [-0.15, -0.1) is 11.3 Å². The van der Waals surface area contributed by atoms with Crippen molar-refractivity contribution >= 4 is 33.2 Å². The average Bonchev–Trinajstić information content (AvgIpc) is 2.66. The van der Waals surface area contributed by atoms with E-state index in [1.165, 1.54) is 11.3 Å². The van der Waals surface area contributed by atoms with Gasteiger partial charge in [-0.3, -0.25) is 4.79 Å². The molecule has 0 amide bonds. The summed E-state index contributed by atoms with van der Waals surface area (Å²) in [4.78, 5) is 16.9. The van der Waals surface area contributed by atoms with Crippen molar-refractivity contribution < 1.29 is 9.90 Å². The third kappa shape index (κ3) is 3.42. The molecule has 0 saturated heterocycles. The van der Waals surface area contributed by atoms with Gasteiger partial charge in [-0.1, -0.05) is 28.1 Å². The van der Waals surface area contributed by atoms with Gasteiger partial charge in [0.1, 0.15) is 10.9 Å². The van der Waals surface area contributed by atoms with Crippen LogP contribution in [0.25, 0.3) is 0 Å². The molecule has 0 aliphatic rings. The zero-order valence-electron chi connectivity index (χ0n) is 10.7. The van der Waals surface area contributed by atoms with E-state index >= 15 is 0 Å². The normalized spacial score (nSPS) is 12.4. The molecule has 0 aliphatic heterocycles. The van der Waals surface area contributed by atoms with Crippen LogP contribution in [0.5, 0.6) is 0 Å². The predicted molar refractivity (Wildman–Crippen MR) is 79.8 cm³/mol. The summed E-state index contributed by atoms with van der Waals surface area (Å²) in [5.41, 5.74) is 1.91. The highest BCUT2D eigenvalue weighted by molar-refractivity contribution is 9.10. The second kappa shape index (κ2) is 5.84. The van der Waals surface area contributed by atoms with Crippen LogP contribution < -0.4 is 0 Å². The minimum atomic E-state index is -0.825. The molecular formula is C14H14BrNO2S. The van der Waals surface area contributed by atoms with Crippen LogP contribution in [0.2, 0.25) is 0 Å². The quantitative estimate of drug-likeness (QED) is 0.917. The van der Waals surface area contributed by atoms with Crippen molar-refractivity contribution in [3.05, 3.63) is 49.9 Å². The number of hydrogen-bond acceptors (Lipinski definition) is 3. The number of carboxylic acids is 1. The molecule has 3 nitrogen and oxygen atoms in total. The number of nitrogens with zero attached hydrogens (tertiary/aromatic N) is 1. The zero-order chi connectivity index (χ0) is 14.0. The van der Waals surface area contributed by atoms with E-state index in [9.17, 15) is 9.90 Å². The molecule has 0 aliphatic carbocycles. The lowest BCUT2D eigenvalue weighted by atomic mass is 10.0. The predicted octanol–water partition coefficient (Wildman–Crippen LogP) is 3.93. The van der Waals surface area contributed by atoms with Crippen LogP contribution in [-0.4, -0.2) is 16.1 Å². The maximum absolute atomic E-state index is 11.5. The van der Waals surface area contributed by atoms with Gasteiger partial charge in [-0.05, 0) is 38.0 Å². The number of halogens is 1. The van der Waals surface area contributed by atoms with Crippen LogP contribution in [-0.2, 0) is 11.2 Å². The summed E-state index contributed by atoms with van der Waals surface area (Å²) in [5.74, 6) is -1.40. The number of aliphatic carboxylic acids is 1. The summed E-state index contributed by atoms with van der Waals surface area (Å²) in [5, 5.41) is 10.1. The summed E-state index contributed by atoms with van der Waals surface area (Å²) in [6, 6.07) is 7.73. The van der Waals surface area contributed by atoms with Crippen LogP contribution in [0.4, 0.5) is 0 Å². The van der Waals surface area contributed by atoms with Crippen molar-refractivity contribution in [3.63, 3.8) is 0 Å². The standard InChI is InChI=1S/C14H14BrNO2S/c1-8-9(2)19-13(16-8)12(14(17)18)7-10-4-3-5-11(15)6-10/h3-6,12H,7H2,1-2H3,(H,17,18). The van der Waals surface area contributed by atoms with E-state index in [2.05, 4.69) is 20.9 Å². The molecule has 100 valence electrons. The zero-order valence-corrected chi connectivity index (χ0v) is 13.1. The highest BCUT2D eigenvalue weighted by atomic mass is 79.9. The minimum absolute atomic E-state index is 0.459. The number of carboxylic acid groups (broad SMARTS) is 1. The summed E-state index contributed by atoms with van der Waals surface area (Å²) in [6.45, 7) is 3.88. The van der Waals surface area contributed by atoms with Gasteiger partial charge in [0.2, 0.25) is 0 Å². The molecule has 1 unspecified atom stereocenters. The Hall–Kier alpha value is -1.20. The lowest BCUT2D eigenvalue weighted by Crippen LogP contribution is -2.14. The number of benzene rings is 1. The number of hydrogen-bond donors (Lipinski definition) is 1. The van der Waals surface area contributed by atoms with Crippen LogP contribution in [0.1, 0.15) is 27.1 Å². The van der Waals surface area contributed by atoms with Gasteiger partial charge in [-0.2, -0.15) is 0 Å². The van der Waals surface area contributed by atoms with Crippen molar-refractivity contribution in [1.82, 2.24) is 4.98 Å². The van der Waals surface area contributed by atoms with E-state index < -0.39 is 11.9 Å². The molecule has 0 bridgehead atoms. The molecule has 1 N–H and O–H groups in total. The van der Waals surface area contributed by atoms with Crippen LogP contribution in [0.3, 0.4) is 0 Å². The molecule has 1 aromatic heterocycles. The fraction of sp³-hybridized carbons (Fsp3) is 0.286. The van der Waals surface area contributed by atoms with E-state index in [0.29, 0.717) is 11.4 Å². The van der Waals surface area contributed by atoms with E-state index in [4.69, 9.17) is 0 Å². The Labute approximate surface area is 124 Å². The van der Waals surface area contributed by atoms with Gasteiger partial charge in [0.15, 0.2) is 0 Å². The van der Waals surface area contributed by atoms with Gasteiger partial charge in [0.25, 0.3) is 0 Å². The van der Waals surface area contributed by atoms with Crippen LogP contribution >= 0.6 is 27.3 Å². The van der Waals surface area contributed by atoms with Gasteiger partial charge >= 0.3 is 5.97 Å². The first-order chi connectivity index (χ1) is 8.97. The van der Waals surface area contributed by atoms with E-state index in [1.807, 2.05) is 38.1 Å². The second-order valence-corrected chi connectivity index (χ2v) is 6.57. The van der Waals surface area contributed by atoms with Crippen LogP contribution in [0.15, 0.2) is 28.7 Å². The Morgan fingerprint density at radius 3 is 2.74 bits per heavy atom. The molecule has 5 heteroatoms. The second-order valence-electron chi connectivity index (χ2n) is 4.42. The van der Waals surface area contributed by atoms with Gasteiger partial charge in [-0.25, -0.2) is 4.98 Å². The summed E-state index contributed by atoms with van der Waals surface area (Å²) >= 11 is 4.87. The molecule has 1 aromatic carbocycles. The lowest BCUT2D eigenvalue weighted by molar-refractivity contribution is -0.138. The van der Waals surface area contributed by atoms with Crippen molar-refractivity contribution in [3.8, 4) is 0 Å².